The van der Waals surface area contributed by atoms with Crippen molar-refractivity contribution in [2.24, 2.45) is 0 Å². The largest absolute Gasteiger partial charge is 0.396 e. The summed E-state index contributed by atoms with van der Waals surface area (Å²) in [7, 11) is 0. The van der Waals surface area contributed by atoms with Crippen molar-refractivity contribution < 1.29 is 9.90 Å². The summed E-state index contributed by atoms with van der Waals surface area (Å²) in [6, 6.07) is 5.71. The predicted molar refractivity (Wildman–Crippen MR) is 89.6 cm³/mol. The van der Waals surface area contributed by atoms with Gasteiger partial charge in [-0.3, -0.25) is 0 Å². The summed E-state index contributed by atoms with van der Waals surface area (Å²) in [6.07, 6.45) is 9.00. The van der Waals surface area contributed by atoms with E-state index in [4.69, 9.17) is 0 Å². The molecule has 3 rings (SSSR count). The van der Waals surface area contributed by atoms with Crippen LogP contribution in [0.4, 0.5) is 4.79 Å². The number of piperidine rings is 1. The van der Waals surface area contributed by atoms with Crippen molar-refractivity contribution in [3.05, 3.63) is 42.4 Å². The number of aromatic nitrogens is 3. The first-order chi connectivity index (χ1) is 11.8. The van der Waals surface area contributed by atoms with Crippen LogP contribution >= 0.6 is 0 Å². The lowest BCUT2D eigenvalue weighted by Gasteiger charge is -2.35. The van der Waals surface area contributed by atoms with E-state index in [1.807, 2.05) is 29.3 Å². The second-order valence-electron chi connectivity index (χ2n) is 5.99. The molecule has 2 aromatic heterocycles. The topological polar surface area (TPSA) is 83.3 Å². The van der Waals surface area contributed by atoms with E-state index in [0.717, 1.165) is 37.2 Å². The van der Waals surface area contributed by atoms with Crippen LogP contribution in [0.25, 0.3) is 5.82 Å². The van der Waals surface area contributed by atoms with Gasteiger partial charge < -0.3 is 15.3 Å². The molecule has 0 bridgehead atoms. The highest BCUT2D eigenvalue weighted by atomic mass is 16.3. The molecule has 1 aliphatic heterocycles. The normalized spacial score (nSPS) is 17.7. The fraction of sp³-hybridized carbons (Fsp3) is 0.471. The van der Waals surface area contributed by atoms with Crippen molar-refractivity contribution in [3.63, 3.8) is 0 Å². The van der Waals surface area contributed by atoms with Gasteiger partial charge in [0.2, 0.25) is 0 Å². The first-order valence-electron chi connectivity index (χ1n) is 8.38. The summed E-state index contributed by atoms with van der Waals surface area (Å²) < 4.78 is 1.69. The third-order valence-electron chi connectivity index (χ3n) is 4.34. The fourth-order valence-corrected chi connectivity index (χ4v) is 3.10. The molecule has 128 valence electrons. The maximum atomic E-state index is 12.5. The standard InChI is InChI=1S/C17H23N5O2/c23-11-6-15-4-1-2-9-21(15)17(24)19-13-14-5-8-18-16(12-14)22-10-3-7-20-22/h3,5,7-8,10,12,15,23H,1-2,4,6,9,11,13H2,(H,19,24). The van der Waals surface area contributed by atoms with E-state index < -0.39 is 0 Å². The number of carbonyl (C=O) groups is 1. The molecule has 0 aliphatic carbocycles. The fourth-order valence-electron chi connectivity index (χ4n) is 3.10. The quantitative estimate of drug-likeness (QED) is 0.875. The first kappa shape index (κ1) is 16.4. The minimum atomic E-state index is -0.0643. The summed E-state index contributed by atoms with van der Waals surface area (Å²) in [4.78, 5) is 18.6. The molecule has 1 atom stereocenters. The third kappa shape index (κ3) is 3.91. The molecule has 1 fully saturated rings. The van der Waals surface area contributed by atoms with Gasteiger partial charge in [-0.25, -0.2) is 14.5 Å². The van der Waals surface area contributed by atoms with Gasteiger partial charge in [-0.05, 0) is 49.4 Å². The van der Waals surface area contributed by atoms with Crippen LogP contribution in [0.3, 0.4) is 0 Å². The maximum Gasteiger partial charge on any atom is 0.317 e. The minimum absolute atomic E-state index is 0.0643. The molecule has 2 aromatic rings. The van der Waals surface area contributed by atoms with Crippen molar-refractivity contribution in [1.29, 1.82) is 0 Å². The number of pyridine rings is 1. The lowest BCUT2D eigenvalue weighted by molar-refractivity contribution is 0.131. The molecule has 1 aliphatic rings. The van der Waals surface area contributed by atoms with E-state index in [9.17, 15) is 9.90 Å². The molecule has 7 heteroatoms. The SMILES string of the molecule is O=C(NCc1ccnc(-n2cccn2)c1)N1CCCCC1CCO. The number of amides is 2. The molecular weight excluding hydrogens is 306 g/mol. The summed E-state index contributed by atoms with van der Waals surface area (Å²) in [6.45, 7) is 1.31. The van der Waals surface area contributed by atoms with E-state index in [1.165, 1.54) is 0 Å². The second-order valence-corrected chi connectivity index (χ2v) is 5.99. The van der Waals surface area contributed by atoms with Crippen molar-refractivity contribution >= 4 is 6.03 Å². The van der Waals surface area contributed by atoms with E-state index >= 15 is 0 Å². The van der Waals surface area contributed by atoms with Gasteiger partial charge in [0, 0.05) is 44.3 Å². The number of hydrogen-bond donors (Lipinski definition) is 2. The molecular formula is C17H23N5O2. The van der Waals surface area contributed by atoms with Gasteiger partial charge >= 0.3 is 6.03 Å². The van der Waals surface area contributed by atoms with Crippen LogP contribution in [0.15, 0.2) is 36.8 Å². The van der Waals surface area contributed by atoms with Crippen molar-refractivity contribution in [2.45, 2.75) is 38.3 Å². The highest BCUT2D eigenvalue weighted by molar-refractivity contribution is 5.74. The smallest absolute Gasteiger partial charge is 0.317 e. The summed E-state index contributed by atoms with van der Waals surface area (Å²) >= 11 is 0. The number of urea groups is 1. The Morgan fingerprint density at radius 2 is 2.29 bits per heavy atom. The average Bonchev–Trinajstić information content (AvgIpc) is 3.15. The van der Waals surface area contributed by atoms with Gasteiger partial charge in [0.15, 0.2) is 5.82 Å². The van der Waals surface area contributed by atoms with Gasteiger partial charge in [-0.1, -0.05) is 0 Å². The van der Waals surface area contributed by atoms with Crippen LogP contribution in [0.2, 0.25) is 0 Å². The number of nitrogens with one attached hydrogen (secondary N) is 1. The Hall–Kier alpha value is -2.41. The molecule has 0 spiro atoms. The van der Waals surface area contributed by atoms with Crippen LogP contribution in [0, 0.1) is 0 Å². The van der Waals surface area contributed by atoms with Gasteiger partial charge in [-0.2, -0.15) is 5.10 Å². The van der Waals surface area contributed by atoms with E-state index in [-0.39, 0.29) is 18.7 Å². The van der Waals surface area contributed by atoms with Gasteiger partial charge in [-0.15, -0.1) is 0 Å². The minimum Gasteiger partial charge on any atom is -0.396 e. The molecule has 7 nitrogen and oxygen atoms in total. The molecule has 3 heterocycles. The Balaban J connectivity index is 1.60. The third-order valence-corrected chi connectivity index (χ3v) is 4.34. The van der Waals surface area contributed by atoms with Crippen molar-refractivity contribution in [1.82, 2.24) is 25.0 Å². The summed E-state index contributed by atoms with van der Waals surface area (Å²) in [5, 5.41) is 16.3. The van der Waals surface area contributed by atoms with Gasteiger partial charge in [0.05, 0.1) is 0 Å². The highest BCUT2D eigenvalue weighted by Crippen LogP contribution is 2.19. The summed E-state index contributed by atoms with van der Waals surface area (Å²) in [5.74, 6) is 0.725. The molecule has 2 N–H and O–H groups in total. The lowest BCUT2D eigenvalue weighted by Crippen LogP contribution is -2.48. The molecule has 2 amide bonds. The second kappa shape index (κ2) is 7.92. The lowest BCUT2D eigenvalue weighted by atomic mass is 10.0. The van der Waals surface area contributed by atoms with Crippen LogP contribution in [-0.2, 0) is 6.54 Å². The number of carbonyl (C=O) groups excluding carboxylic acids is 1. The molecule has 0 radical (unpaired) electrons. The molecule has 0 aromatic carbocycles. The van der Waals surface area contributed by atoms with Crippen LogP contribution in [0.5, 0.6) is 0 Å². The first-order valence-corrected chi connectivity index (χ1v) is 8.38. The zero-order valence-corrected chi connectivity index (χ0v) is 13.6. The van der Waals surface area contributed by atoms with E-state index in [0.29, 0.717) is 13.0 Å². The van der Waals surface area contributed by atoms with E-state index in [2.05, 4.69) is 15.4 Å². The maximum absolute atomic E-state index is 12.5. The molecule has 1 unspecified atom stereocenters. The van der Waals surface area contributed by atoms with Crippen LogP contribution in [0.1, 0.15) is 31.2 Å². The van der Waals surface area contributed by atoms with Gasteiger partial charge in [0.25, 0.3) is 0 Å². The number of aliphatic hydroxyl groups excluding tert-OH is 1. The Morgan fingerprint density at radius 1 is 1.38 bits per heavy atom. The van der Waals surface area contributed by atoms with Crippen molar-refractivity contribution in [2.75, 3.05) is 13.2 Å². The number of rotatable bonds is 5. The molecule has 0 saturated carbocycles. The highest BCUT2D eigenvalue weighted by Gasteiger charge is 2.25. The van der Waals surface area contributed by atoms with Gasteiger partial charge in [0.1, 0.15) is 0 Å². The monoisotopic (exact) mass is 329 g/mol. The zero-order chi connectivity index (χ0) is 16.8. The van der Waals surface area contributed by atoms with Crippen molar-refractivity contribution in [3.8, 4) is 5.82 Å². The Kier molecular flexibility index (Phi) is 5.43. The average molecular weight is 329 g/mol. The number of likely N-dealkylation sites (tertiary alicyclic amines) is 1. The Labute approximate surface area is 141 Å². The zero-order valence-electron chi connectivity index (χ0n) is 13.6. The number of hydrogen-bond acceptors (Lipinski definition) is 4. The van der Waals surface area contributed by atoms with Crippen LogP contribution in [-0.4, -0.2) is 50.0 Å². The Bertz CT molecular complexity index is 657. The number of aliphatic hydroxyl groups is 1. The number of nitrogens with zero attached hydrogens (tertiary/aromatic N) is 4. The Morgan fingerprint density at radius 3 is 3.08 bits per heavy atom. The molecule has 1 saturated heterocycles. The summed E-state index contributed by atoms with van der Waals surface area (Å²) in [5.41, 5.74) is 0.972. The molecule has 24 heavy (non-hydrogen) atoms. The van der Waals surface area contributed by atoms with Crippen LogP contribution < -0.4 is 5.32 Å². The van der Waals surface area contributed by atoms with E-state index in [1.54, 1.807) is 17.1 Å². The predicted octanol–water partition coefficient (Wildman–Crippen LogP) is 1.71.